The molecule has 0 bridgehead atoms. The van der Waals surface area contributed by atoms with E-state index in [1.165, 1.54) is 6.20 Å². The third kappa shape index (κ3) is 2.88. The highest BCUT2D eigenvalue weighted by molar-refractivity contribution is 6.31. The second kappa shape index (κ2) is 5.19. The Hall–Kier alpha value is -1.58. The third-order valence-corrected chi connectivity index (χ3v) is 3.44. The van der Waals surface area contributed by atoms with Crippen LogP contribution in [0, 0.1) is 0 Å². The predicted octanol–water partition coefficient (Wildman–Crippen LogP) is 3.36. The Labute approximate surface area is 116 Å². The van der Waals surface area contributed by atoms with Gasteiger partial charge in [0, 0.05) is 18.0 Å². The second-order valence-corrected chi connectivity index (χ2v) is 5.09. The highest BCUT2D eigenvalue weighted by Gasteiger charge is 2.23. The minimum absolute atomic E-state index is 0.380. The lowest BCUT2D eigenvalue weighted by Gasteiger charge is -2.13. The Morgan fingerprint density at radius 1 is 1.21 bits per heavy atom. The Morgan fingerprint density at radius 2 is 1.95 bits per heavy atom. The maximum atomic E-state index is 10.3. The lowest BCUT2D eigenvalue weighted by molar-refractivity contribution is 0.220. The van der Waals surface area contributed by atoms with Crippen LogP contribution in [0.3, 0.4) is 0 Å². The van der Waals surface area contributed by atoms with E-state index >= 15 is 0 Å². The molecule has 2 aromatic rings. The standard InChI is InChI=1S/C15H14ClNO2/c16-14-9-17-8-7-13(14)15(18)10-1-3-11(4-2-10)19-12-5-6-12/h1-4,7-9,12,15,18H,5-6H2. The number of aliphatic hydroxyl groups excluding tert-OH is 1. The Morgan fingerprint density at radius 3 is 2.58 bits per heavy atom. The molecule has 1 N–H and O–H groups in total. The van der Waals surface area contributed by atoms with Crippen LogP contribution in [0.5, 0.6) is 5.75 Å². The molecule has 4 heteroatoms. The first kappa shape index (κ1) is 12.5. The molecule has 1 atom stereocenters. The molecular formula is C15H14ClNO2. The number of pyridine rings is 1. The summed E-state index contributed by atoms with van der Waals surface area (Å²) in [5.41, 5.74) is 1.45. The van der Waals surface area contributed by atoms with Crippen LogP contribution in [-0.4, -0.2) is 16.2 Å². The molecular weight excluding hydrogens is 262 g/mol. The van der Waals surface area contributed by atoms with Crippen molar-refractivity contribution < 1.29 is 9.84 Å². The second-order valence-electron chi connectivity index (χ2n) is 4.69. The summed E-state index contributed by atoms with van der Waals surface area (Å²) in [6.07, 6.45) is 5.06. The van der Waals surface area contributed by atoms with Gasteiger partial charge in [-0.05, 0) is 36.6 Å². The fourth-order valence-electron chi connectivity index (χ4n) is 1.89. The van der Waals surface area contributed by atoms with Gasteiger partial charge >= 0.3 is 0 Å². The summed E-state index contributed by atoms with van der Waals surface area (Å²) in [6.45, 7) is 0. The third-order valence-electron chi connectivity index (χ3n) is 3.12. The van der Waals surface area contributed by atoms with Crippen molar-refractivity contribution in [3.05, 3.63) is 58.9 Å². The zero-order valence-electron chi connectivity index (χ0n) is 10.3. The molecule has 1 unspecified atom stereocenters. The van der Waals surface area contributed by atoms with Gasteiger partial charge in [0.05, 0.1) is 11.1 Å². The molecule has 0 saturated heterocycles. The SMILES string of the molecule is OC(c1ccc(OC2CC2)cc1)c1ccncc1Cl. The van der Waals surface area contributed by atoms with Gasteiger partial charge < -0.3 is 9.84 Å². The quantitative estimate of drug-likeness (QED) is 0.930. The van der Waals surface area contributed by atoms with E-state index in [0.717, 1.165) is 24.2 Å². The molecule has 1 aromatic heterocycles. The van der Waals surface area contributed by atoms with Crippen LogP contribution in [0.1, 0.15) is 30.1 Å². The molecule has 19 heavy (non-hydrogen) atoms. The molecule has 98 valence electrons. The van der Waals surface area contributed by atoms with E-state index in [4.69, 9.17) is 16.3 Å². The van der Waals surface area contributed by atoms with Gasteiger partial charge in [0.25, 0.3) is 0 Å². The average Bonchev–Trinajstić information content (AvgIpc) is 3.23. The number of hydrogen-bond acceptors (Lipinski definition) is 3. The van der Waals surface area contributed by atoms with E-state index < -0.39 is 6.10 Å². The van der Waals surface area contributed by atoms with Crippen molar-refractivity contribution in [2.24, 2.45) is 0 Å². The smallest absolute Gasteiger partial charge is 0.119 e. The summed E-state index contributed by atoms with van der Waals surface area (Å²) in [5.74, 6) is 0.847. The lowest BCUT2D eigenvalue weighted by atomic mass is 10.0. The van der Waals surface area contributed by atoms with Gasteiger partial charge in [-0.3, -0.25) is 4.98 Å². The maximum Gasteiger partial charge on any atom is 0.119 e. The van der Waals surface area contributed by atoms with Gasteiger partial charge in [-0.2, -0.15) is 0 Å². The normalized spacial score (nSPS) is 16.1. The number of rotatable bonds is 4. The number of halogens is 1. The van der Waals surface area contributed by atoms with Crippen molar-refractivity contribution in [3.8, 4) is 5.75 Å². The average molecular weight is 276 g/mol. The van der Waals surface area contributed by atoms with Gasteiger partial charge in [0.15, 0.2) is 0 Å². The van der Waals surface area contributed by atoms with E-state index in [1.54, 1.807) is 12.3 Å². The van der Waals surface area contributed by atoms with E-state index in [9.17, 15) is 5.11 Å². The van der Waals surface area contributed by atoms with Crippen LogP contribution in [0.15, 0.2) is 42.7 Å². The van der Waals surface area contributed by atoms with Crippen molar-refractivity contribution in [2.45, 2.75) is 25.0 Å². The summed E-state index contributed by atoms with van der Waals surface area (Å²) in [5, 5.41) is 10.8. The maximum absolute atomic E-state index is 10.3. The summed E-state index contributed by atoms with van der Waals surface area (Å²) >= 11 is 6.03. The molecule has 3 nitrogen and oxygen atoms in total. The monoisotopic (exact) mass is 275 g/mol. The fourth-order valence-corrected chi connectivity index (χ4v) is 2.12. The Balaban J connectivity index is 1.79. The number of aliphatic hydroxyl groups is 1. The van der Waals surface area contributed by atoms with Gasteiger partial charge in [0.1, 0.15) is 11.9 Å². The molecule has 0 aliphatic heterocycles. The molecule has 3 rings (SSSR count). The molecule has 0 amide bonds. The Bertz CT molecular complexity index is 567. The Kier molecular flexibility index (Phi) is 3.40. The van der Waals surface area contributed by atoms with Crippen molar-refractivity contribution in [3.63, 3.8) is 0 Å². The zero-order valence-corrected chi connectivity index (χ0v) is 11.0. The summed E-state index contributed by atoms with van der Waals surface area (Å²) in [4.78, 5) is 3.91. The number of nitrogens with zero attached hydrogens (tertiary/aromatic N) is 1. The molecule has 0 radical (unpaired) electrons. The number of ether oxygens (including phenoxy) is 1. The summed E-state index contributed by atoms with van der Waals surface area (Å²) < 4.78 is 5.67. The van der Waals surface area contributed by atoms with Gasteiger partial charge in [-0.15, -0.1) is 0 Å². The predicted molar refractivity (Wildman–Crippen MR) is 73.4 cm³/mol. The van der Waals surface area contributed by atoms with E-state index in [1.807, 2.05) is 24.3 Å². The van der Waals surface area contributed by atoms with Crippen LogP contribution in [0.4, 0.5) is 0 Å². The summed E-state index contributed by atoms with van der Waals surface area (Å²) in [7, 11) is 0. The first-order valence-corrected chi connectivity index (χ1v) is 6.66. The van der Waals surface area contributed by atoms with Crippen molar-refractivity contribution in [1.82, 2.24) is 4.98 Å². The molecule has 1 saturated carbocycles. The number of hydrogen-bond donors (Lipinski definition) is 1. The van der Waals surface area contributed by atoms with Crippen molar-refractivity contribution in [1.29, 1.82) is 0 Å². The molecule has 1 aliphatic rings. The van der Waals surface area contributed by atoms with E-state index in [-0.39, 0.29) is 0 Å². The van der Waals surface area contributed by atoms with Crippen LogP contribution in [-0.2, 0) is 0 Å². The highest BCUT2D eigenvalue weighted by atomic mass is 35.5. The van der Waals surface area contributed by atoms with Gasteiger partial charge in [0.2, 0.25) is 0 Å². The van der Waals surface area contributed by atoms with E-state index in [0.29, 0.717) is 16.7 Å². The van der Waals surface area contributed by atoms with Crippen molar-refractivity contribution in [2.75, 3.05) is 0 Å². The van der Waals surface area contributed by atoms with Gasteiger partial charge in [-0.1, -0.05) is 23.7 Å². The van der Waals surface area contributed by atoms with Crippen LogP contribution in [0.25, 0.3) is 0 Å². The highest BCUT2D eigenvalue weighted by Crippen LogP contribution is 2.30. The van der Waals surface area contributed by atoms with Crippen LogP contribution >= 0.6 is 11.6 Å². The summed E-state index contributed by atoms with van der Waals surface area (Å²) in [6, 6.07) is 9.21. The molecule has 1 fully saturated rings. The number of benzene rings is 1. The first-order chi connectivity index (χ1) is 9.24. The van der Waals surface area contributed by atoms with Gasteiger partial charge in [-0.25, -0.2) is 0 Å². The largest absolute Gasteiger partial charge is 0.490 e. The molecule has 1 aromatic carbocycles. The minimum atomic E-state index is -0.745. The van der Waals surface area contributed by atoms with E-state index in [2.05, 4.69) is 4.98 Å². The lowest BCUT2D eigenvalue weighted by Crippen LogP contribution is -2.01. The minimum Gasteiger partial charge on any atom is -0.490 e. The molecule has 1 aliphatic carbocycles. The fraction of sp³-hybridized carbons (Fsp3) is 0.267. The zero-order chi connectivity index (χ0) is 13.2. The topological polar surface area (TPSA) is 42.4 Å². The van der Waals surface area contributed by atoms with Crippen LogP contribution < -0.4 is 4.74 Å². The van der Waals surface area contributed by atoms with Crippen LogP contribution in [0.2, 0.25) is 5.02 Å². The van der Waals surface area contributed by atoms with Crippen molar-refractivity contribution >= 4 is 11.6 Å². The molecule has 1 heterocycles. The first-order valence-electron chi connectivity index (χ1n) is 6.28. The molecule has 0 spiro atoms. The number of aromatic nitrogens is 1.